The van der Waals surface area contributed by atoms with Crippen molar-refractivity contribution in [1.29, 1.82) is 0 Å². The van der Waals surface area contributed by atoms with Gasteiger partial charge in [0.05, 0.1) is 0 Å². The van der Waals surface area contributed by atoms with Gasteiger partial charge in [-0.15, -0.1) is 0 Å². The number of allylic oxidation sites excluding steroid dienone is 1. The first-order valence-electron chi connectivity index (χ1n) is 5.85. The van der Waals surface area contributed by atoms with Crippen LogP contribution in [-0.4, -0.2) is 23.5 Å². The summed E-state index contributed by atoms with van der Waals surface area (Å²) < 4.78 is 0. The highest BCUT2D eigenvalue weighted by Crippen LogP contribution is 2.05. The summed E-state index contributed by atoms with van der Waals surface area (Å²) in [7, 11) is 0. The Labute approximate surface area is 90.2 Å². The molecule has 14 heavy (non-hydrogen) atoms. The topological polar surface area (TPSA) is 3.24 Å². The third-order valence-corrected chi connectivity index (χ3v) is 2.42. The third kappa shape index (κ3) is 6.20. The fourth-order valence-corrected chi connectivity index (χ4v) is 1.58. The van der Waals surface area contributed by atoms with Gasteiger partial charge < -0.3 is 0 Å². The Balaban J connectivity index is 3.88. The van der Waals surface area contributed by atoms with Gasteiger partial charge in [-0.05, 0) is 40.0 Å². The van der Waals surface area contributed by atoms with Gasteiger partial charge in [-0.3, -0.25) is 4.90 Å². The van der Waals surface area contributed by atoms with Gasteiger partial charge >= 0.3 is 0 Å². The van der Waals surface area contributed by atoms with E-state index in [-0.39, 0.29) is 0 Å². The van der Waals surface area contributed by atoms with Crippen molar-refractivity contribution in [3.05, 3.63) is 12.2 Å². The molecule has 0 aromatic heterocycles. The van der Waals surface area contributed by atoms with Gasteiger partial charge in [0, 0.05) is 18.6 Å². The van der Waals surface area contributed by atoms with Gasteiger partial charge in [0.25, 0.3) is 0 Å². The highest BCUT2D eigenvalue weighted by atomic mass is 15.2. The number of hydrogen-bond donors (Lipinski definition) is 0. The molecule has 0 radical (unpaired) electrons. The number of hydrogen-bond acceptors (Lipinski definition) is 1. The van der Waals surface area contributed by atoms with Crippen LogP contribution in [0.15, 0.2) is 12.2 Å². The average Bonchev–Trinajstić information content (AvgIpc) is 2.01. The molecule has 0 unspecified atom stereocenters. The van der Waals surface area contributed by atoms with Crippen molar-refractivity contribution in [3.63, 3.8) is 0 Å². The SMILES string of the molecule is CC(C)CC=CCN(C(C)C)C(C)C. The van der Waals surface area contributed by atoms with Crippen molar-refractivity contribution in [3.8, 4) is 0 Å². The third-order valence-electron chi connectivity index (χ3n) is 2.42. The largest absolute Gasteiger partial charge is 0.295 e. The van der Waals surface area contributed by atoms with E-state index in [9.17, 15) is 0 Å². The molecule has 0 heterocycles. The molecule has 84 valence electrons. The van der Waals surface area contributed by atoms with Gasteiger partial charge in [0.2, 0.25) is 0 Å². The van der Waals surface area contributed by atoms with Crippen molar-refractivity contribution in [2.24, 2.45) is 5.92 Å². The van der Waals surface area contributed by atoms with E-state index in [1.165, 1.54) is 6.42 Å². The quantitative estimate of drug-likeness (QED) is 0.587. The van der Waals surface area contributed by atoms with Crippen molar-refractivity contribution in [1.82, 2.24) is 4.90 Å². The Hall–Kier alpha value is -0.300. The van der Waals surface area contributed by atoms with E-state index in [1.54, 1.807) is 0 Å². The highest BCUT2D eigenvalue weighted by Gasteiger charge is 2.10. The number of nitrogens with zero attached hydrogens (tertiary/aromatic N) is 1. The lowest BCUT2D eigenvalue weighted by atomic mass is 10.1. The molecule has 0 atom stereocenters. The minimum Gasteiger partial charge on any atom is -0.295 e. The molecule has 1 heteroatoms. The van der Waals surface area contributed by atoms with Gasteiger partial charge in [-0.25, -0.2) is 0 Å². The molecule has 0 aromatic rings. The van der Waals surface area contributed by atoms with Crippen LogP contribution < -0.4 is 0 Å². The van der Waals surface area contributed by atoms with Crippen LogP contribution in [0.1, 0.15) is 48.0 Å². The van der Waals surface area contributed by atoms with Crippen LogP contribution in [0.2, 0.25) is 0 Å². The van der Waals surface area contributed by atoms with E-state index < -0.39 is 0 Å². The smallest absolute Gasteiger partial charge is 0.0168 e. The van der Waals surface area contributed by atoms with E-state index in [0.29, 0.717) is 12.1 Å². The molecule has 1 nitrogen and oxygen atoms in total. The minimum absolute atomic E-state index is 0.638. The van der Waals surface area contributed by atoms with Crippen molar-refractivity contribution in [2.75, 3.05) is 6.54 Å². The monoisotopic (exact) mass is 197 g/mol. The molecule has 0 saturated carbocycles. The first kappa shape index (κ1) is 13.7. The summed E-state index contributed by atoms with van der Waals surface area (Å²) in [6.45, 7) is 14.6. The maximum absolute atomic E-state index is 2.50. The van der Waals surface area contributed by atoms with Crippen LogP contribution in [0.3, 0.4) is 0 Å². The van der Waals surface area contributed by atoms with Crippen LogP contribution >= 0.6 is 0 Å². The molecule has 0 amide bonds. The maximum Gasteiger partial charge on any atom is 0.0168 e. The summed E-state index contributed by atoms with van der Waals surface area (Å²) >= 11 is 0. The summed E-state index contributed by atoms with van der Waals surface area (Å²) in [6, 6.07) is 1.28. The van der Waals surface area contributed by atoms with Crippen LogP contribution in [0.25, 0.3) is 0 Å². The van der Waals surface area contributed by atoms with Gasteiger partial charge in [-0.1, -0.05) is 26.0 Å². The predicted octanol–water partition coefficient (Wildman–Crippen LogP) is 3.71. The van der Waals surface area contributed by atoms with Gasteiger partial charge in [0.15, 0.2) is 0 Å². The van der Waals surface area contributed by atoms with E-state index in [0.717, 1.165) is 12.5 Å². The summed E-state index contributed by atoms with van der Waals surface area (Å²) in [5.41, 5.74) is 0. The Bertz CT molecular complexity index is 149. The van der Waals surface area contributed by atoms with E-state index in [1.807, 2.05) is 0 Å². The standard InChI is InChI=1S/C13H27N/c1-11(2)9-7-8-10-14(12(3)4)13(5)6/h7-8,11-13H,9-10H2,1-6H3. The predicted molar refractivity (Wildman–Crippen MR) is 65.6 cm³/mol. The van der Waals surface area contributed by atoms with E-state index in [2.05, 4.69) is 58.6 Å². The lowest BCUT2D eigenvalue weighted by molar-refractivity contribution is 0.196. The summed E-state index contributed by atoms with van der Waals surface area (Å²) in [5, 5.41) is 0. The Morgan fingerprint density at radius 2 is 1.36 bits per heavy atom. The molecule has 0 rings (SSSR count). The molecule has 0 N–H and O–H groups in total. The van der Waals surface area contributed by atoms with Gasteiger partial charge in [0.1, 0.15) is 0 Å². The molecule has 0 aromatic carbocycles. The molecule has 0 spiro atoms. The zero-order valence-corrected chi connectivity index (χ0v) is 10.7. The molecule has 0 fully saturated rings. The van der Waals surface area contributed by atoms with Crippen molar-refractivity contribution in [2.45, 2.75) is 60.0 Å². The Morgan fingerprint density at radius 3 is 1.71 bits per heavy atom. The second kappa shape index (κ2) is 7.05. The summed E-state index contributed by atoms with van der Waals surface area (Å²) in [5.74, 6) is 0.776. The normalized spacial score (nSPS) is 13.0. The molecular formula is C13H27N. The summed E-state index contributed by atoms with van der Waals surface area (Å²) in [6.07, 6.45) is 5.81. The zero-order valence-electron chi connectivity index (χ0n) is 10.7. The molecule has 0 bridgehead atoms. The fourth-order valence-electron chi connectivity index (χ4n) is 1.58. The fraction of sp³-hybridized carbons (Fsp3) is 0.846. The first-order valence-corrected chi connectivity index (χ1v) is 5.85. The maximum atomic E-state index is 2.50. The van der Waals surface area contributed by atoms with E-state index >= 15 is 0 Å². The van der Waals surface area contributed by atoms with E-state index in [4.69, 9.17) is 0 Å². The zero-order chi connectivity index (χ0) is 11.1. The minimum atomic E-state index is 0.638. The first-order chi connectivity index (χ1) is 6.45. The lowest BCUT2D eigenvalue weighted by Crippen LogP contribution is -2.36. The van der Waals surface area contributed by atoms with Crippen molar-refractivity contribution < 1.29 is 0 Å². The second-order valence-corrected chi connectivity index (χ2v) is 4.99. The van der Waals surface area contributed by atoms with Crippen LogP contribution in [0.4, 0.5) is 0 Å². The van der Waals surface area contributed by atoms with Crippen LogP contribution in [0, 0.1) is 5.92 Å². The summed E-state index contributed by atoms with van der Waals surface area (Å²) in [4.78, 5) is 2.50. The van der Waals surface area contributed by atoms with Crippen molar-refractivity contribution >= 4 is 0 Å². The Kier molecular flexibility index (Phi) is 6.90. The molecule has 0 aliphatic heterocycles. The highest BCUT2D eigenvalue weighted by molar-refractivity contribution is 4.87. The molecule has 0 saturated heterocycles. The Morgan fingerprint density at radius 1 is 0.857 bits per heavy atom. The molecule has 0 aliphatic rings. The molecular weight excluding hydrogens is 170 g/mol. The average molecular weight is 197 g/mol. The molecule has 0 aliphatic carbocycles. The lowest BCUT2D eigenvalue weighted by Gasteiger charge is -2.29. The van der Waals surface area contributed by atoms with Crippen LogP contribution in [-0.2, 0) is 0 Å². The van der Waals surface area contributed by atoms with Crippen LogP contribution in [0.5, 0.6) is 0 Å². The number of rotatable bonds is 6. The second-order valence-electron chi connectivity index (χ2n) is 4.99. The van der Waals surface area contributed by atoms with Gasteiger partial charge in [-0.2, -0.15) is 0 Å².